The third-order valence-electron chi connectivity index (χ3n) is 4.87. The maximum absolute atomic E-state index is 12.9. The lowest BCUT2D eigenvalue weighted by molar-refractivity contribution is -0.116. The Balaban J connectivity index is 1.72. The van der Waals surface area contributed by atoms with Crippen LogP contribution in [0.5, 0.6) is 0 Å². The van der Waals surface area contributed by atoms with E-state index in [1.165, 1.54) is 11.3 Å². The molecular weight excluding hydrogens is 358 g/mol. The average Bonchev–Trinajstić information content (AvgIpc) is 3.00. The normalized spacial score (nSPS) is 15.8. The number of aryl methyl sites for hydroxylation is 1. The molecule has 2 N–H and O–H groups in total. The number of para-hydroxylation sites is 1. The van der Waals surface area contributed by atoms with Crippen molar-refractivity contribution in [1.82, 2.24) is 4.98 Å². The zero-order valence-electron chi connectivity index (χ0n) is 15.1. The highest BCUT2D eigenvalue weighted by atomic mass is 32.1. The van der Waals surface area contributed by atoms with Crippen LogP contribution in [-0.2, 0) is 4.79 Å². The first-order valence-corrected chi connectivity index (χ1v) is 9.56. The van der Waals surface area contributed by atoms with Crippen molar-refractivity contribution < 1.29 is 9.59 Å². The Labute approximate surface area is 161 Å². The molecule has 3 aromatic rings. The molecule has 0 spiro atoms. The summed E-state index contributed by atoms with van der Waals surface area (Å²) in [5, 5.41) is 6.68. The van der Waals surface area contributed by atoms with Gasteiger partial charge >= 0.3 is 0 Å². The summed E-state index contributed by atoms with van der Waals surface area (Å²) in [5.41, 5.74) is 4.71. The van der Waals surface area contributed by atoms with Gasteiger partial charge in [-0.05, 0) is 48.2 Å². The van der Waals surface area contributed by atoms with Crippen LogP contribution < -0.4 is 10.6 Å². The molecular formula is C21H19N3O2S. The van der Waals surface area contributed by atoms with Crippen molar-refractivity contribution in [3.8, 4) is 0 Å². The number of fused-ring (bicyclic) bond motifs is 1. The molecule has 136 valence electrons. The van der Waals surface area contributed by atoms with Gasteiger partial charge < -0.3 is 10.6 Å². The van der Waals surface area contributed by atoms with Crippen LogP contribution in [-0.4, -0.2) is 16.8 Å². The Morgan fingerprint density at radius 3 is 2.78 bits per heavy atom. The number of aromatic nitrogens is 1. The first-order chi connectivity index (χ1) is 13.0. The molecule has 0 radical (unpaired) electrons. The zero-order valence-corrected chi connectivity index (χ0v) is 15.9. The molecule has 27 heavy (non-hydrogen) atoms. The maximum atomic E-state index is 12.9. The summed E-state index contributed by atoms with van der Waals surface area (Å²) < 4.78 is 0. The Kier molecular flexibility index (Phi) is 4.49. The third kappa shape index (κ3) is 3.24. The highest BCUT2D eigenvalue weighted by Crippen LogP contribution is 2.45. The van der Waals surface area contributed by atoms with Gasteiger partial charge in [0.25, 0.3) is 5.91 Å². The molecule has 1 aromatic carbocycles. The number of nitrogens with zero attached hydrogens (tertiary/aromatic N) is 1. The van der Waals surface area contributed by atoms with Crippen molar-refractivity contribution >= 4 is 33.8 Å². The van der Waals surface area contributed by atoms with E-state index in [1.54, 1.807) is 12.4 Å². The molecule has 2 aromatic heterocycles. The van der Waals surface area contributed by atoms with Gasteiger partial charge in [0.15, 0.2) is 0 Å². The lowest BCUT2D eigenvalue weighted by atomic mass is 9.85. The minimum Gasteiger partial charge on any atom is -0.321 e. The van der Waals surface area contributed by atoms with Gasteiger partial charge in [0.2, 0.25) is 5.91 Å². The molecule has 6 heteroatoms. The zero-order chi connectivity index (χ0) is 19.0. The molecule has 4 rings (SSSR count). The summed E-state index contributed by atoms with van der Waals surface area (Å²) in [5.74, 6) is -0.275. The first kappa shape index (κ1) is 17.4. The number of amides is 2. The topological polar surface area (TPSA) is 71.1 Å². The van der Waals surface area contributed by atoms with Crippen molar-refractivity contribution in [1.29, 1.82) is 0 Å². The van der Waals surface area contributed by atoms with Crippen LogP contribution in [0.15, 0.2) is 48.8 Å². The summed E-state index contributed by atoms with van der Waals surface area (Å²) in [7, 11) is 0. The lowest BCUT2D eigenvalue weighted by Crippen LogP contribution is -2.22. The van der Waals surface area contributed by atoms with E-state index in [4.69, 9.17) is 0 Å². The monoisotopic (exact) mass is 377 g/mol. The smallest absolute Gasteiger partial charge is 0.266 e. The van der Waals surface area contributed by atoms with Gasteiger partial charge in [-0.3, -0.25) is 14.6 Å². The number of rotatable bonds is 3. The van der Waals surface area contributed by atoms with Crippen LogP contribution in [0.25, 0.3) is 0 Å². The number of benzene rings is 1. The highest BCUT2D eigenvalue weighted by Gasteiger charge is 2.33. The van der Waals surface area contributed by atoms with Crippen molar-refractivity contribution in [3.05, 3.63) is 75.9 Å². The lowest BCUT2D eigenvalue weighted by Gasteiger charge is -2.23. The summed E-state index contributed by atoms with van der Waals surface area (Å²) in [6.45, 7) is 3.91. The standard InChI is InChI=1S/C21H19N3O2S/c1-12-6-3-4-8-16(12)23-20(26)19-13(2)18-15(14-7-5-9-22-11-14)10-17(25)24-21(18)27-19/h3-9,11,15H,10H2,1-2H3,(H,23,26)(H,24,25). The van der Waals surface area contributed by atoms with Crippen LogP contribution in [0.4, 0.5) is 10.7 Å². The third-order valence-corrected chi connectivity index (χ3v) is 6.09. The van der Waals surface area contributed by atoms with E-state index in [1.807, 2.05) is 50.2 Å². The van der Waals surface area contributed by atoms with Crippen LogP contribution in [0.1, 0.15) is 44.3 Å². The van der Waals surface area contributed by atoms with E-state index in [9.17, 15) is 9.59 Å². The fraction of sp³-hybridized carbons (Fsp3) is 0.190. The van der Waals surface area contributed by atoms with Gasteiger partial charge in [-0.2, -0.15) is 0 Å². The molecule has 3 heterocycles. The Hall–Kier alpha value is -2.99. The summed E-state index contributed by atoms with van der Waals surface area (Å²) in [6.07, 6.45) is 3.86. The predicted molar refractivity (Wildman–Crippen MR) is 108 cm³/mol. The fourth-order valence-electron chi connectivity index (χ4n) is 3.48. The van der Waals surface area contributed by atoms with Crippen molar-refractivity contribution in [3.63, 3.8) is 0 Å². The number of thiophene rings is 1. The van der Waals surface area contributed by atoms with Gasteiger partial charge in [-0.25, -0.2) is 0 Å². The molecule has 0 saturated heterocycles. The van der Waals surface area contributed by atoms with Gasteiger partial charge in [-0.15, -0.1) is 11.3 Å². The summed E-state index contributed by atoms with van der Waals surface area (Å²) in [4.78, 5) is 29.9. The van der Waals surface area contributed by atoms with Crippen LogP contribution in [0.2, 0.25) is 0 Å². The summed E-state index contributed by atoms with van der Waals surface area (Å²) in [6, 6.07) is 11.5. The number of pyridine rings is 1. The largest absolute Gasteiger partial charge is 0.321 e. The van der Waals surface area contributed by atoms with Crippen LogP contribution >= 0.6 is 11.3 Å². The Bertz CT molecular complexity index is 1030. The van der Waals surface area contributed by atoms with E-state index >= 15 is 0 Å². The van der Waals surface area contributed by atoms with Gasteiger partial charge in [0.1, 0.15) is 0 Å². The number of carbonyl (C=O) groups excluding carboxylic acids is 2. The molecule has 0 fully saturated rings. The molecule has 0 bridgehead atoms. The minimum absolute atomic E-state index is 0.0385. The Morgan fingerprint density at radius 1 is 1.22 bits per heavy atom. The van der Waals surface area contributed by atoms with Gasteiger partial charge in [0, 0.05) is 30.4 Å². The molecule has 5 nitrogen and oxygen atoms in total. The average molecular weight is 377 g/mol. The van der Waals surface area contributed by atoms with E-state index in [0.717, 1.165) is 32.9 Å². The molecule has 2 amide bonds. The quantitative estimate of drug-likeness (QED) is 0.707. The number of anilines is 2. The SMILES string of the molecule is Cc1ccccc1NC(=O)c1sc2c(c1C)C(c1cccnc1)CC(=O)N2. The predicted octanol–water partition coefficient (Wildman–Crippen LogP) is 4.49. The van der Waals surface area contributed by atoms with E-state index in [0.29, 0.717) is 11.3 Å². The number of nitrogens with one attached hydrogen (secondary N) is 2. The first-order valence-electron chi connectivity index (χ1n) is 8.74. The fourth-order valence-corrected chi connectivity index (χ4v) is 4.66. The highest BCUT2D eigenvalue weighted by molar-refractivity contribution is 7.18. The Morgan fingerprint density at radius 2 is 2.04 bits per heavy atom. The second-order valence-electron chi connectivity index (χ2n) is 6.66. The van der Waals surface area contributed by atoms with Crippen molar-refractivity contribution in [2.24, 2.45) is 0 Å². The molecule has 0 aliphatic carbocycles. The number of hydrogen-bond acceptors (Lipinski definition) is 4. The van der Waals surface area contributed by atoms with E-state index < -0.39 is 0 Å². The number of carbonyl (C=O) groups is 2. The molecule has 1 atom stereocenters. The van der Waals surface area contributed by atoms with Crippen molar-refractivity contribution in [2.75, 3.05) is 10.6 Å². The molecule has 1 aliphatic rings. The van der Waals surface area contributed by atoms with Gasteiger partial charge in [-0.1, -0.05) is 24.3 Å². The van der Waals surface area contributed by atoms with E-state index in [2.05, 4.69) is 15.6 Å². The van der Waals surface area contributed by atoms with Crippen molar-refractivity contribution in [2.45, 2.75) is 26.2 Å². The second-order valence-corrected chi connectivity index (χ2v) is 7.68. The van der Waals surface area contributed by atoms with E-state index in [-0.39, 0.29) is 17.7 Å². The number of hydrogen-bond donors (Lipinski definition) is 2. The van der Waals surface area contributed by atoms with Crippen LogP contribution in [0.3, 0.4) is 0 Å². The molecule has 0 saturated carbocycles. The van der Waals surface area contributed by atoms with Crippen LogP contribution in [0, 0.1) is 13.8 Å². The maximum Gasteiger partial charge on any atom is 0.266 e. The molecule has 1 aliphatic heterocycles. The van der Waals surface area contributed by atoms with Gasteiger partial charge in [0.05, 0.1) is 9.88 Å². The minimum atomic E-state index is -0.152. The summed E-state index contributed by atoms with van der Waals surface area (Å²) >= 11 is 1.33. The second kappa shape index (κ2) is 6.96. The molecule has 1 unspecified atom stereocenters.